The number of ether oxygens (including phenoxy) is 4. The molecule has 0 aromatic heterocycles. The van der Waals surface area contributed by atoms with Crippen LogP contribution >= 0.6 is 15.6 Å². The van der Waals surface area contributed by atoms with Crippen LogP contribution in [0.1, 0.15) is 370 Å². The minimum Gasteiger partial charge on any atom is -0.462 e. The molecular weight excluding hydrogens is 1220 g/mol. The third kappa shape index (κ3) is 65.8. The van der Waals surface area contributed by atoms with Crippen LogP contribution in [-0.4, -0.2) is 96.7 Å². The summed E-state index contributed by atoms with van der Waals surface area (Å²) in [5.74, 6) is 0.931. The molecule has 0 rings (SSSR count). The number of phosphoric ester groups is 2. The zero-order chi connectivity index (χ0) is 68.9. The van der Waals surface area contributed by atoms with Crippen LogP contribution in [0.25, 0.3) is 0 Å². The molecule has 7 atom stereocenters. The minimum atomic E-state index is -4.96. The number of hydrogen-bond acceptors (Lipinski definition) is 15. The van der Waals surface area contributed by atoms with Crippen molar-refractivity contribution in [2.45, 2.75) is 388 Å². The molecule has 0 aromatic rings. The van der Waals surface area contributed by atoms with Gasteiger partial charge in [-0.05, 0) is 49.4 Å². The van der Waals surface area contributed by atoms with Crippen molar-refractivity contribution in [3.05, 3.63) is 0 Å². The van der Waals surface area contributed by atoms with Gasteiger partial charge in [0, 0.05) is 25.7 Å². The molecule has 0 aliphatic rings. The topological polar surface area (TPSA) is 237 Å². The lowest BCUT2D eigenvalue weighted by atomic mass is 9.99. The van der Waals surface area contributed by atoms with Crippen molar-refractivity contribution in [1.29, 1.82) is 0 Å². The van der Waals surface area contributed by atoms with Gasteiger partial charge in [0.15, 0.2) is 12.2 Å². The van der Waals surface area contributed by atoms with Crippen LogP contribution < -0.4 is 0 Å². The van der Waals surface area contributed by atoms with Crippen LogP contribution in [0.3, 0.4) is 0 Å². The van der Waals surface area contributed by atoms with Gasteiger partial charge in [0.05, 0.1) is 26.4 Å². The first-order valence-electron chi connectivity index (χ1n) is 38.3. The summed E-state index contributed by atoms with van der Waals surface area (Å²) < 4.78 is 68.4. The van der Waals surface area contributed by atoms with Crippen molar-refractivity contribution >= 4 is 39.5 Å². The number of esters is 4. The van der Waals surface area contributed by atoms with E-state index in [2.05, 4.69) is 55.4 Å². The molecule has 0 amide bonds. The number of rotatable bonds is 71. The standard InChI is InChI=1S/C74H144O17P2/c1-9-66(7)52-44-36-27-21-18-19-23-30-40-48-56-73(78)90-70(61-85-72(77)55-47-39-33-32-35-43-51-65(5)6)63-89-93(82,83)87-59-68(75)58-86-92(80,81)88-62-69(91-74(79)57-49-41-31-25-24-28-37-45-53-67(8)10-2)60-84-71(76)54-46-38-29-22-17-15-13-11-12-14-16-20-26-34-42-50-64(3)4/h64-70,75H,9-63H2,1-8H3,(H,80,81)(H,82,83)/t66?,67?,68-,69-,70-/m1/s1. The Kier molecular flexibility index (Phi) is 62.2. The third-order valence-electron chi connectivity index (χ3n) is 17.8. The van der Waals surface area contributed by atoms with Crippen molar-refractivity contribution in [1.82, 2.24) is 0 Å². The van der Waals surface area contributed by atoms with E-state index in [-0.39, 0.29) is 25.7 Å². The quantitative estimate of drug-likeness (QED) is 0.0222. The first-order valence-corrected chi connectivity index (χ1v) is 41.3. The van der Waals surface area contributed by atoms with Gasteiger partial charge in [-0.2, -0.15) is 0 Å². The summed E-state index contributed by atoms with van der Waals surface area (Å²) in [6.07, 6.45) is 47.2. The molecule has 0 aliphatic carbocycles. The van der Waals surface area contributed by atoms with Crippen LogP contribution in [0.2, 0.25) is 0 Å². The largest absolute Gasteiger partial charge is 0.472 e. The van der Waals surface area contributed by atoms with Crippen molar-refractivity contribution in [3.63, 3.8) is 0 Å². The summed E-state index contributed by atoms with van der Waals surface area (Å²) in [6, 6.07) is 0. The first-order chi connectivity index (χ1) is 44.7. The lowest BCUT2D eigenvalue weighted by molar-refractivity contribution is -0.161. The fraction of sp³-hybridized carbons (Fsp3) is 0.946. The van der Waals surface area contributed by atoms with Crippen LogP contribution in [-0.2, 0) is 65.4 Å². The SMILES string of the molecule is CCC(C)CCCCCCCCCCCCC(=O)O[C@H](COC(=O)CCCCCCCCC(C)C)COP(=O)(O)OC[C@H](O)COP(=O)(O)OC[C@@H](COC(=O)CCCCCCCCCCCCCCCCCC(C)C)OC(=O)CCCCCCCCCCC(C)CC. The maximum atomic E-state index is 13.1. The van der Waals surface area contributed by atoms with Gasteiger partial charge in [-0.1, -0.05) is 319 Å². The van der Waals surface area contributed by atoms with Crippen LogP contribution in [0, 0.1) is 23.7 Å². The molecule has 19 heteroatoms. The van der Waals surface area contributed by atoms with Gasteiger partial charge in [0.25, 0.3) is 0 Å². The van der Waals surface area contributed by atoms with E-state index in [9.17, 15) is 43.2 Å². The van der Waals surface area contributed by atoms with Gasteiger partial charge in [-0.15, -0.1) is 0 Å². The van der Waals surface area contributed by atoms with Crippen LogP contribution in [0.4, 0.5) is 0 Å². The zero-order valence-corrected chi connectivity index (χ0v) is 62.7. The Balaban J connectivity index is 5.22. The number of unbranched alkanes of at least 4 members (excludes halogenated alkanes) is 35. The summed E-state index contributed by atoms with van der Waals surface area (Å²) in [5, 5.41) is 10.6. The van der Waals surface area contributed by atoms with Gasteiger partial charge in [0.2, 0.25) is 0 Å². The third-order valence-corrected chi connectivity index (χ3v) is 19.7. The van der Waals surface area contributed by atoms with Crippen molar-refractivity contribution < 1.29 is 80.2 Å². The Morgan fingerprint density at radius 2 is 0.516 bits per heavy atom. The van der Waals surface area contributed by atoms with Crippen LogP contribution in [0.15, 0.2) is 0 Å². The summed E-state index contributed by atoms with van der Waals surface area (Å²) >= 11 is 0. The van der Waals surface area contributed by atoms with E-state index >= 15 is 0 Å². The van der Waals surface area contributed by atoms with Crippen LogP contribution in [0.5, 0.6) is 0 Å². The Morgan fingerprint density at radius 3 is 0.763 bits per heavy atom. The van der Waals surface area contributed by atoms with Gasteiger partial charge in [-0.3, -0.25) is 37.3 Å². The van der Waals surface area contributed by atoms with E-state index in [0.29, 0.717) is 31.6 Å². The molecular formula is C74H144O17P2. The molecule has 0 saturated heterocycles. The van der Waals surface area contributed by atoms with E-state index in [1.54, 1.807) is 0 Å². The van der Waals surface area contributed by atoms with E-state index in [1.807, 2.05) is 0 Å². The van der Waals surface area contributed by atoms with Crippen molar-refractivity contribution in [2.75, 3.05) is 39.6 Å². The molecule has 0 fully saturated rings. The molecule has 4 unspecified atom stereocenters. The fourth-order valence-electron chi connectivity index (χ4n) is 11.1. The highest BCUT2D eigenvalue weighted by Crippen LogP contribution is 2.45. The van der Waals surface area contributed by atoms with Gasteiger partial charge in [0.1, 0.15) is 19.3 Å². The van der Waals surface area contributed by atoms with Gasteiger partial charge in [-0.25, -0.2) is 9.13 Å². The molecule has 3 N–H and O–H groups in total. The van der Waals surface area contributed by atoms with Gasteiger partial charge >= 0.3 is 39.5 Å². The highest BCUT2D eigenvalue weighted by atomic mass is 31.2. The first kappa shape index (κ1) is 91.1. The fourth-order valence-corrected chi connectivity index (χ4v) is 12.7. The second-order valence-corrected chi connectivity index (χ2v) is 31.0. The second kappa shape index (κ2) is 63.5. The molecule has 0 radical (unpaired) electrons. The Bertz CT molecular complexity index is 1840. The predicted molar refractivity (Wildman–Crippen MR) is 377 cm³/mol. The minimum absolute atomic E-state index is 0.105. The summed E-state index contributed by atoms with van der Waals surface area (Å²) in [7, 11) is -9.91. The number of aliphatic hydroxyl groups is 1. The maximum absolute atomic E-state index is 13.1. The number of aliphatic hydroxyl groups excluding tert-OH is 1. The average Bonchev–Trinajstić information content (AvgIpc) is 1.90. The Labute approximate surface area is 568 Å². The monoisotopic (exact) mass is 1370 g/mol. The Hall–Kier alpha value is -1.94. The molecule has 0 aliphatic heterocycles. The normalized spacial score (nSPS) is 14.8. The number of phosphoric acid groups is 2. The molecule has 17 nitrogen and oxygen atoms in total. The van der Waals surface area contributed by atoms with E-state index < -0.39 is 97.5 Å². The average molecular weight is 1370 g/mol. The lowest BCUT2D eigenvalue weighted by Gasteiger charge is -2.21. The van der Waals surface area contributed by atoms with E-state index in [4.69, 9.17) is 37.0 Å². The van der Waals surface area contributed by atoms with Crippen molar-refractivity contribution in [3.8, 4) is 0 Å². The number of carbonyl (C=O) groups excluding carboxylic acids is 4. The lowest BCUT2D eigenvalue weighted by Crippen LogP contribution is -2.30. The second-order valence-electron chi connectivity index (χ2n) is 28.1. The van der Waals surface area contributed by atoms with Crippen molar-refractivity contribution in [2.24, 2.45) is 23.7 Å². The van der Waals surface area contributed by atoms with E-state index in [1.165, 1.54) is 167 Å². The number of hydrogen-bond donors (Lipinski definition) is 3. The predicted octanol–water partition coefficient (Wildman–Crippen LogP) is 21.3. The number of carbonyl (C=O) groups is 4. The highest BCUT2D eigenvalue weighted by molar-refractivity contribution is 7.47. The molecule has 0 heterocycles. The smallest absolute Gasteiger partial charge is 0.462 e. The summed E-state index contributed by atoms with van der Waals surface area (Å²) in [4.78, 5) is 72.7. The molecule has 0 saturated carbocycles. The van der Waals surface area contributed by atoms with Gasteiger partial charge < -0.3 is 33.8 Å². The molecule has 0 aromatic carbocycles. The molecule has 0 spiro atoms. The Morgan fingerprint density at radius 1 is 0.301 bits per heavy atom. The molecule has 0 bridgehead atoms. The maximum Gasteiger partial charge on any atom is 0.472 e. The highest BCUT2D eigenvalue weighted by Gasteiger charge is 2.30. The zero-order valence-electron chi connectivity index (χ0n) is 60.9. The summed E-state index contributed by atoms with van der Waals surface area (Å²) in [5.41, 5.74) is 0. The summed E-state index contributed by atoms with van der Waals surface area (Å²) in [6.45, 7) is 14.1. The van der Waals surface area contributed by atoms with E-state index in [0.717, 1.165) is 114 Å². The molecule has 93 heavy (non-hydrogen) atoms. The molecule has 552 valence electrons.